The van der Waals surface area contributed by atoms with Crippen LogP contribution in [-0.2, 0) is 23.7 Å². The molecule has 0 bridgehead atoms. The molecule has 2 aliphatic heterocycles. The molecule has 12 N–H and O–H groups in total. The second-order valence-corrected chi connectivity index (χ2v) is 10.7. The molecule has 1 aliphatic carbocycles. The number of aliphatic hydroxyl groups is 5. The molecule has 14 nitrogen and oxygen atoms in total. The Bertz CT molecular complexity index is 751. The summed E-state index contributed by atoms with van der Waals surface area (Å²) in [6.07, 6.45) is -8.31. The molecule has 1 amide bonds. The summed E-state index contributed by atoms with van der Waals surface area (Å²) in [5.74, 6) is -0.993. The van der Waals surface area contributed by atoms with E-state index in [1.165, 1.54) is 0 Å². The Morgan fingerprint density at radius 2 is 1.74 bits per heavy atom. The first-order valence-electron chi connectivity index (χ1n) is 13.5. The maximum absolute atomic E-state index is 12.6. The summed E-state index contributed by atoms with van der Waals surface area (Å²) in [6, 6.07) is -2.42. The van der Waals surface area contributed by atoms with Gasteiger partial charge in [0.25, 0.3) is 0 Å². The Hall–Kier alpha value is -1.01. The number of nitrogens with two attached hydrogens (primary N) is 3. The lowest BCUT2D eigenvalue weighted by Gasteiger charge is -2.48. The van der Waals surface area contributed by atoms with Gasteiger partial charge in [-0.3, -0.25) is 4.79 Å². The van der Waals surface area contributed by atoms with Gasteiger partial charge in [0, 0.05) is 0 Å². The molecule has 38 heavy (non-hydrogen) atoms. The average molecular weight is 551 g/mol. The summed E-state index contributed by atoms with van der Waals surface area (Å²) >= 11 is 0. The molecule has 0 aromatic rings. The topological polar surface area (TPSA) is 245 Å². The van der Waals surface area contributed by atoms with E-state index < -0.39 is 85.9 Å². The third kappa shape index (κ3) is 7.19. The fourth-order valence-electron chi connectivity index (χ4n) is 5.37. The van der Waals surface area contributed by atoms with E-state index in [4.69, 9.17) is 36.1 Å². The lowest BCUT2D eigenvalue weighted by Crippen LogP contribution is -2.67. The zero-order valence-electron chi connectivity index (χ0n) is 22.0. The Labute approximate surface area is 222 Å². The van der Waals surface area contributed by atoms with Crippen LogP contribution in [0, 0.1) is 5.92 Å². The largest absolute Gasteiger partial charge is 0.394 e. The summed E-state index contributed by atoms with van der Waals surface area (Å²) in [6.45, 7) is 3.35. The molecule has 3 fully saturated rings. The monoisotopic (exact) mass is 550 g/mol. The zero-order valence-corrected chi connectivity index (χ0v) is 22.0. The van der Waals surface area contributed by atoms with Gasteiger partial charge < -0.3 is 67.0 Å². The summed E-state index contributed by atoms with van der Waals surface area (Å²) in [7, 11) is 0. The maximum atomic E-state index is 12.6. The summed E-state index contributed by atoms with van der Waals surface area (Å²) in [4.78, 5) is 12.6. The minimum Gasteiger partial charge on any atom is -0.394 e. The number of nitrogens with one attached hydrogen (secondary N) is 1. The smallest absolute Gasteiger partial charge is 0.249 e. The molecule has 0 spiro atoms. The Morgan fingerprint density at radius 3 is 2.37 bits per heavy atom. The molecular weight excluding hydrogens is 504 g/mol. The SMILES string of the molecule is CCC1CCC(N)C(OC2C(C)CC(NC(=O)[C@@H](O)CCN)C(OC3OC(CO)C(O)C(N)C3O)C2O)O1. The third-order valence-electron chi connectivity index (χ3n) is 7.80. The molecular formula is C24H46N4O10. The van der Waals surface area contributed by atoms with E-state index in [1.807, 2.05) is 13.8 Å². The average Bonchev–Trinajstić information content (AvgIpc) is 2.89. The highest BCUT2D eigenvalue weighted by Crippen LogP contribution is 2.35. The van der Waals surface area contributed by atoms with Crippen LogP contribution in [0.4, 0.5) is 0 Å². The van der Waals surface area contributed by atoms with Crippen molar-refractivity contribution in [1.82, 2.24) is 5.32 Å². The fourth-order valence-corrected chi connectivity index (χ4v) is 5.37. The first-order chi connectivity index (χ1) is 18.0. The van der Waals surface area contributed by atoms with Crippen molar-refractivity contribution in [2.45, 2.75) is 125 Å². The summed E-state index contributed by atoms with van der Waals surface area (Å²) in [5, 5.41) is 54.7. The van der Waals surface area contributed by atoms with Crippen molar-refractivity contribution in [2.24, 2.45) is 23.1 Å². The standard InChI is InChI=1S/C24H46N4O10/c1-3-11-4-5-12(26)23(35-11)37-20-10(2)8-13(28-22(34)14(30)6-7-25)21(19(20)33)38-24-18(32)16(27)17(31)15(9-29)36-24/h10-21,23-24,29-33H,3-9,25-27H2,1-2H3,(H,28,34)/t10?,11?,12?,13?,14-,15?,16?,17?,18?,19?,20?,21?,23?,24?/m0/s1. The van der Waals surface area contributed by atoms with Crippen molar-refractivity contribution in [1.29, 1.82) is 0 Å². The van der Waals surface area contributed by atoms with Crippen LogP contribution < -0.4 is 22.5 Å². The van der Waals surface area contributed by atoms with Gasteiger partial charge in [0.05, 0.1) is 36.9 Å². The van der Waals surface area contributed by atoms with Crippen LogP contribution in [0.3, 0.4) is 0 Å². The maximum Gasteiger partial charge on any atom is 0.249 e. The fraction of sp³-hybridized carbons (Fsp3) is 0.958. The number of hydrogen-bond donors (Lipinski definition) is 9. The second kappa shape index (κ2) is 14.1. The minimum atomic E-state index is -1.50. The highest BCUT2D eigenvalue weighted by Gasteiger charge is 2.50. The molecule has 3 rings (SSSR count). The molecule has 14 heteroatoms. The number of amides is 1. The van der Waals surface area contributed by atoms with Gasteiger partial charge in [0.1, 0.15) is 36.6 Å². The highest BCUT2D eigenvalue weighted by molar-refractivity contribution is 5.80. The second-order valence-electron chi connectivity index (χ2n) is 10.7. The first-order valence-corrected chi connectivity index (χ1v) is 13.5. The van der Waals surface area contributed by atoms with Gasteiger partial charge in [0.15, 0.2) is 12.6 Å². The van der Waals surface area contributed by atoms with E-state index >= 15 is 0 Å². The van der Waals surface area contributed by atoms with Crippen LogP contribution in [0.2, 0.25) is 0 Å². The van der Waals surface area contributed by atoms with Gasteiger partial charge in [0.2, 0.25) is 5.91 Å². The minimum absolute atomic E-state index is 0.0203. The van der Waals surface area contributed by atoms with Gasteiger partial charge in [-0.1, -0.05) is 13.8 Å². The number of aliphatic hydroxyl groups excluding tert-OH is 5. The summed E-state index contributed by atoms with van der Waals surface area (Å²) in [5.41, 5.74) is 17.6. The molecule has 0 aromatic carbocycles. The molecule has 2 heterocycles. The van der Waals surface area contributed by atoms with Crippen molar-refractivity contribution in [2.75, 3.05) is 13.2 Å². The van der Waals surface area contributed by atoms with Gasteiger partial charge in [-0.25, -0.2) is 0 Å². The first kappa shape index (κ1) is 31.5. The number of carbonyl (C=O) groups is 1. The van der Waals surface area contributed by atoms with Crippen LogP contribution in [-0.4, -0.2) is 124 Å². The third-order valence-corrected chi connectivity index (χ3v) is 7.80. The van der Waals surface area contributed by atoms with Crippen molar-refractivity contribution in [3.63, 3.8) is 0 Å². The van der Waals surface area contributed by atoms with E-state index in [9.17, 15) is 30.3 Å². The van der Waals surface area contributed by atoms with Crippen molar-refractivity contribution in [3.05, 3.63) is 0 Å². The van der Waals surface area contributed by atoms with Crippen molar-refractivity contribution >= 4 is 5.91 Å². The molecule has 222 valence electrons. The van der Waals surface area contributed by atoms with E-state index in [-0.39, 0.29) is 31.4 Å². The van der Waals surface area contributed by atoms with Gasteiger partial charge in [-0.15, -0.1) is 0 Å². The van der Waals surface area contributed by atoms with Crippen LogP contribution in [0.1, 0.15) is 46.0 Å². The van der Waals surface area contributed by atoms with Crippen LogP contribution in [0.15, 0.2) is 0 Å². The molecule has 1 saturated carbocycles. The lowest BCUT2D eigenvalue weighted by atomic mass is 9.79. The Kier molecular flexibility index (Phi) is 11.7. The highest BCUT2D eigenvalue weighted by atomic mass is 16.7. The number of ether oxygens (including phenoxy) is 4. The van der Waals surface area contributed by atoms with Crippen LogP contribution in [0.5, 0.6) is 0 Å². The van der Waals surface area contributed by atoms with Crippen LogP contribution >= 0.6 is 0 Å². The van der Waals surface area contributed by atoms with E-state index in [0.717, 1.165) is 12.8 Å². The van der Waals surface area contributed by atoms with Crippen molar-refractivity contribution in [3.8, 4) is 0 Å². The van der Waals surface area contributed by atoms with E-state index in [0.29, 0.717) is 6.42 Å². The molecule has 14 atom stereocenters. The lowest BCUT2D eigenvalue weighted by molar-refractivity contribution is -0.316. The zero-order chi connectivity index (χ0) is 28.1. The molecule has 2 saturated heterocycles. The number of carbonyl (C=O) groups excluding carboxylic acids is 1. The van der Waals surface area contributed by atoms with E-state index in [1.54, 1.807) is 0 Å². The Balaban J connectivity index is 1.82. The van der Waals surface area contributed by atoms with Crippen molar-refractivity contribution < 1.29 is 49.3 Å². The molecule has 3 aliphatic rings. The normalized spacial score (nSPS) is 44.9. The van der Waals surface area contributed by atoms with Gasteiger partial charge in [-0.05, 0) is 44.6 Å². The van der Waals surface area contributed by atoms with Gasteiger partial charge >= 0.3 is 0 Å². The van der Waals surface area contributed by atoms with Gasteiger partial charge in [-0.2, -0.15) is 0 Å². The molecule has 13 unspecified atom stereocenters. The molecule has 0 aromatic heterocycles. The number of rotatable bonds is 10. The quantitative estimate of drug-likeness (QED) is 0.128. The van der Waals surface area contributed by atoms with E-state index in [2.05, 4.69) is 5.32 Å². The van der Waals surface area contributed by atoms with Crippen LogP contribution in [0.25, 0.3) is 0 Å². The summed E-state index contributed by atoms with van der Waals surface area (Å²) < 4.78 is 23.8. The number of hydrogen-bond acceptors (Lipinski definition) is 13. The predicted octanol–water partition coefficient (Wildman–Crippen LogP) is -3.64. The molecule has 0 radical (unpaired) electrons. The Morgan fingerprint density at radius 1 is 1.05 bits per heavy atom. The predicted molar refractivity (Wildman–Crippen MR) is 133 cm³/mol.